The van der Waals surface area contributed by atoms with Crippen molar-refractivity contribution in [2.24, 2.45) is 4.99 Å². The van der Waals surface area contributed by atoms with Gasteiger partial charge >= 0.3 is 0 Å². The summed E-state index contributed by atoms with van der Waals surface area (Å²) in [5.41, 5.74) is 2.18. The highest BCUT2D eigenvalue weighted by molar-refractivity contribution is 6.30. The minimum Gasteiger partial charge on any atom is -0.493 e. The van der Waals surface area contributed by atoms with E-state index in [1.54, 1.807) is 13.2 Å². The van der Waals surface area contributed by atoms with E-state index in [0.717, 1.165) is 36.1 Å². The standard InChI is InChI=1S/C23H31ClN4O3/c1-4-25-22(29)16-31-20-11-8-18(14-21(20)30-3)15-28-23(26-5-2)27-13-12-17-6-9-19(24)10-7-17/h6-11,14H,4-5,12-13,15-16H2,1-3H3,(H,25,29)(H2,26,27,28). The monoisotopic (exact) mass is 446 g/mol. The van der Waals surface area contributed by atoms with E-state index >= 15 is 0 Å². The zero-order chi connectivity index (χ0) is 22.5. The quantitative estimate of drug-likeness (QED) is 0.365. The van der Waals surface area contributed by atoms with Crippen LogP contribution >= 0.6 is 11.6 Å². The Bertz CT molecular complexity index is 856. The van der Waals surface area contributed by atoms with E-state index in [1.165, 1.54) is 5.56 Å². The lowest BCUT2D eigenvalue weighted by atomic mass is 10.1. The summed E-state index contributed by atoms with van der Waals surface area (Å²) < 4.78 is 11.0. The maximum atomic E-state index is 11.6. The number of hydrogen-bond donors (Lipinski definition) is 3. The van der Waals surface area contributed by atoms with Crippen molar-refractivity contribution < 1.29 is 14.3 Å². The average molecular weight is 447 g/mol. The summed E-state index contributed by atoms with van der Waals surface area (Å²) in [4.78, 5) is 16.2. The van der Waals surface area contributed by atoms with Gasteiger partial charge in [-0.2, -0.15) is 0 Å². The maximum absolute atomic E-state index is 11.6. The third-order valence-electron chi connectivity index (χ3n) is 4.34. The molecule has 0 saturated carbocycles. The highest BCUT2D eigenvalue weighted by atomic mass is 35.5. The molecule has 0 aliphatic heterocycles. The number of carbonyl (C=O) groups is 1. The Morgan fingerprint density at radius 1 is 0.968 bits per heavy atom. The number of nitrogens with zero attached hydrogens (tertiary/aromatic N) is 1. The lowest BCUT2D eigenvalue weighted by Gasteiger charge is -2.13. The largest absolute Gasteiger partial charge is 0.493 e. The number of nitrogens with one attached hydrogen (secondary N) is 3. The molecule has 0 aromatic heterocycles. The van der Waals surface area contributed by atoms with Crippen LogP contribution in [-0.2, 0) is 17.8 Å². The van der Waals surface area contributed by atoms with E-state index in [9.17, 15) is 4.79 Å². The number of ether oxygens (including phenoxy) is 2. The van der Waals surface area contributed by atoms with E-state index in [0.29, 0.717) is 24.6 Å². The second kappa shape index (κ2) is 13.4. The lowest BCUT2D eigenvalue weighted by Crippen LogP contribution is -2.38. The highest BCUT2D eigenvalue weighted by Crippen LogP contribution is 2.28. The van der Waals surface area contributed by atoms with Crippen molar-refractivity contribution in [3.05, 3.63) is 58.6 Å². The zero-order valence-corrected chi connectivity index (χ0v) is 19.1. The van der Waals surface area contributed by atoms with Gasteiger partial charge in [0.05, 0.1) is 13.7 Å². The molecule has 0 atom stereocenters. The number of aliphatic imine (C=N–C) groups is 1. The van der Waals surface area contributed by atoms with Crippen molar-refractivity contribution in [1.29, 1.82) is 0 Å². The fraction of sp³-hybridized carbons (Fsp3) is 0.391. The van der Waals surface area contributed by atoms with E-state index in [1.807, 2.05) is 50.2 Å². The number of halogens is 1. The first-order valence-electron chi connectivity index (χ1n) is 10.4. The van der Waals surface area contributed by atoms with Crippen molar-refractivity contribution in [3.8, 4) is 11.5 Å². The van der Waals surface area contributed by atoms with Crippen LogP contribution in [-0.4, -0.2) is 45.2 Å². The average Bonchev–Trinajstić information content (AvgIpc) is 2.77. The number of benzene rings is 2. The molecule has 1 amide bonds. The van der Waals surface area contributed by atoms with Gasteiger partial charge < -0.3 is 25.4 Å². The van der Waals surface area contributed by atoms with Gasteiger partial charge in [0.1, 0.15) is 0 Å². The number of rotatable bonds is 11. The molecular formula is C23H31ClN4O3. The van der Waals surface area contributed by atoms with E-state index in [2.05, 4.69) is 20.9 Å². The van der Waals surface area contributed by atoms with Gasteiger partial charge in [-0.1, -0.05) is 29.8 Å². The molecule has 2 aromatic rings. The molecule has 3 N–H and O–H groups in total. The van der Waals surface area contributed by atoms with Crippen LogP contribution < -0.4 is 25.4 Å². The first kappa shape index (κ1) is 24.3. The van der Waals surface area contributed by atoms with E-state index in [-0.39, 0.29) is 12.5 Å². The van der Waals surface area contributed by atoms with Crippen LogP contribution in [0.3, 0.4) is 0 Å². The number of carbonyl (C=O) groups excluding carboxylic acids is 1. The van der Waals surface area contributed by atoms with Crippen LogP contribution in [0, 0.1) is 0 Å². The molecule has 31 heavy (non-hydrogen) atoms. The van der Waals surface area contributed by atoms with Gasteiger partial charge in [0, 0.05) is 24.7 Å². The Balaban J connectivity index is 1.94. The summed E-state index contributed by atoms with van der Waals surface area (Å²) in [6.07, 6.45) is 0.868. The fourth-order valence-electron chi connectivity index (χ4n) is 2.81. The predicted octanol–water partition coefficient (Wildman–Crippen LogP) is 3.16. The molecule has 0 radical (unpaired) electrons. The molecule has 2 rings (SSSR count). The summed E-state index contributed by atoms with van der Waals surface area (Å²) in [5, 5.41) is 10.0. The molecule has 0 aliphatic rings. The number of methoxy groups -OCH3 is 1. The van der Waals surface area contributed by atoms with Crippen LogP contribution in [0.2, 0.25) is 5.02 Å². The molecule has 7 nitrogen and oxygen atoms in total. The lowest BCUT2D eigenvalue weighted by molar-refractivity contribution is -0.123. The molecule has 0 saturated heterocycles. The molecule has 0 heterocycles. The second-order valence-corrected chi connectivity index (χ2v) is 7.16. The van der Waals surface area contributed by atoms with Crippen molar-refractivity contribution in [2.45, 2.75) is 26.8 Å². The third-order valence-corrected chi connectivity index (χ3v) is 4.60. The number of hydrogen-bond acceptors (Lipinski definition) is 4. The highest BCUT2D eigenvalue weighted by Gasteiger charge is 2.08. The van der Waals surface area contributed by atoms with Gasteiger partial charge in [-0.3, -0.25) is 4.79 Å². The van der Waals surface area contributed by atoms with Gasteiger partial charge in [0.2, 0.25) is 0 Å². The van der Waals surface area contributed by atoms with Crippen LogP contribution in [0.1, 0.15) is 25.0 Å². The Morgan fingerprint density at radius 3 is 2.35 bits per heavy atom. The molecule has 168 valence electrons. The van der Waals surface area contributed by atoms with E-state index in [4.69, 9.17) is 21.1 Å². The number of guanidine groups is 1. The molecule has 0 bridgehead atoms. The first-order valence-corrected chi connectivity index (χ1v) is 10.8. The van der Waals surface area contributed by atoms with Crippen LogP contribution in [0.25, 0.3) is 0 Å². The molecule has 2 aromatic carbocycles. The zero-order valence-electron chi connectivity index (χ0n) is 18.3. The van der Waals surface area contributed by atoms with Crippen LogP contribution in [0.5, 0.6) is 11.5 Å². The van der Waals surface area contributed by atoms with Crippen LogP contribution in [0.4, 0.5) is 0 Å². The minimum atomic E-state index is -0.168. The topological polar surface area (TPSA) is 84.0 Å². The van der Waals surface area contributed by atoms with Crippen molar-refractivity contribution in [2.75, 3.05) is 33.4 Å². The number of amides is 1. The summed E-state index contributed by atoms with van der Waals surface area (Å²) in [6, 6.07) is 13.4. The first-order chi connectivity index (χ1) is 15.0. The SMILES string of the molecule is CCNC(=O)COc1ccc(CN=C(NCC)NCCc2ccc(Cl)cc2)cc1OC. The molecule has 8 heteroatoms. The predicted molar refractivity (Wildman–Crippen MR) is 125 cm³/mol. The Hall–Kier alpha value is -2.93. The van der Waals surface area contributed by atoms with Gasteiger partial charge in [-0.15, -0.1) is 0 Å². The van der Waals surface area contributed by atoms with E-state index < -0.39 is 0 Å². The second-order valence-electron chi connectivity index (χ2n) is 6.73. The summed E-state index contributed by atoms with van der Waals surface area (Å²) in [6.45, 7) is 6.40. The summed E-state index contributed by atoms with van der Waals surface area (Å²) in [7, 11) is 1.57. The Labute approximate surface area is 189 Å². The molecule has 0 fully saturated rings. The fourth-order valence-corrected chi connectivity index (χ4v) is 2.94. The number of likely N-dealkylation sites (N-methyl/N-ethyl adjacent to an activating group) is 1. The van der Waals surface area contributed by atoms with Gasteiger partial charge in [0.25, 0.3) is 5.91 Å². The maximum Gasteiger partial charge on any atom is 0.257 e. The van der Waals surface area contributed by atoms with Gasteiger partial charge in [-0.05, 0) is 55.7 Å². The van der Waals surface area contributed by atoms with Crippen molar-refractivity contribution in [3.63, 3.8) is 0 Å². The third kappa shape index (κ3) is 8.76. The molecule has 0 unspecified atom stereocenters. The molecular weight excluding hydrogens is 416 g/mol. The normalized spacial score (nSPS) is 11.0. The Kier molecular flexibility index (Phi) is 10.5. The summed E-state index contributed by atoms with van der Waals surface area (Å²) in [5.74, 6) is 1.66. The Morgan fingerprint density at radius 2 is 1.68 bits per heavy atom. The van der Waals surface area contributed by atoms with Gasteiger partial charge in [-0.25, -0.2) is 4.99 Å². The van der Waals surface area contributed by atoms with Crippen molar-refractivity contribution >= 4 is 23.5 Å². The molecule has 0 aliphatic carbocycles. The summed E-state index contributed by atoms with van der Waals surface area (Å²) >= 11 is 5.93. The van der Waals surface area contributed by atoms with Crippen LogP contribution in [0.15, 0.2) is 47.5 Å². The van der Waals surface area contributed by atoms with Gasteiger partial charge in [0.15, 0.2) is 24.1 Å². The smallest absolute Gasteiger partial charge is 0.257 e. The minimum absolute atomic E-state index is 0.0518. The van der Waals surface area contributed by atoms with Crippen molar-refractivity contribution in [1.82, 2.24) is 16.0 Å². The molecule has 0 spiro atoms.